The number of ether oxygens (including phenoxy) is 2. The van der Waals surface area contributed by atoms with Gasteiger partial charge in [-0.05, 0) is 68.0 Å². The molecule has 10 heteroatoms. The predicted molar refractivity (Wildman–Crippen MR) is 149 cm³/mol. The van der Waals surface area contributed by atoms with Crippen LogP contribution in [0.1, 0.15) is 72.9 Å². The fraction of sp³-hybridized carbons (Fsp3) is 0.355. The third kappa shape index (κ3) is 5.59. The van der Waals surface area contributed by atoms with Crippen molar-refractivity contribution in [2.45, 2.75) is 58.0 Å². The van der Waals surface area contributed by atoms with Crippen LogP contribution < -0.4 is 9.47 Å². The molecule has 2 aromatic rings. The largest absolute Gasteiger partial charge is 0.490 e. The Balaban J connectivity index is 1.58. The average molecular weight is 580 g/mol. The van der Waals surface area contributed by atoms with Crippen molar-refractivity contribution in [3.63, 3.8) is 0 Å². The highest BCUT2D eigenvalue weighted by Crippen LogP contribution is 2.51. The second-order valence-corrected chi connectivity index (χ2v) is 10.6. The molecule has 0 aromatic heterocycles. The highest BCUT2D eigenvalue weighted by molar-refractivity contribution is 6.32. The van der Waals surface area contributed by atoms with Gasteiger partial charge in [0.25, 0.3) is 0 Å². The second kappa shape index (κ2) is 11.8. The first-order chi connectivity index (χ1) is 19.7. The molecule has 0 bridgehead atoms. The van der Waals surface area contributed by atoms with E-state index in [9.17, 15) is 24.3 Å². The van der Waals surface area contributed by atoms with Crippen molar-refractivity contribution in [2.24, 2.45) is 0 Å². The number of allylic oxidation sites excluding steroid dienone is 4. The maximum absolute atomic E-state index is 13.4. The molecule has 1 heterocycles. The molecule has 5 rings (SSSR count). The summed E-state index contributed by atoms with van der Waals surface area (Å²) in [6.45, 7) is 1.92. The van der Waals surface area contributed by atoms with Gasteiger partial charge in [0.05, 0.1) is 17.2 Å². The highest BCUT2D eigenvalue weighted by Gasteiger charge is 2.44. The van der Waals surface area contributed by atoms with Crippen LogP contribution in [0.4, 0.5) is 0 Å². The van der Waals surface area contributed by atoms with E-state index in [4.69, 9.17) is 26.2 Å². The Labute approximate surface area is 242 Å². The van der Waals surface area contributed by atoms with E-state index in [-0.39, 0.29) is 41.1 Å². The zero-order valence-corrected chi connectivity index (χ0v) is 23.3. The van der Waals surface area contributed by atoms with Crippen LogP contribution >= 0.6 is 11.6 Å². The molecule has 3 aliphatic rings. The van der Waals surface area contributed by atoms with E-state index >= 15 is 0 Å². The maximum atomic E-state index is 13.4. The van der Waals surface area contributed by atoms with Gasteiger partial charge in [0.1, 0.15) is 13.2 Å². The smallest absolute Gasteiger partial charge is 0.335 e. The Morgan fingerprint density at radius 1 is 0.927 bits per heavy atom. The first-order valence-electron chi connectivity index (χ1n) is 13.6. The fourth-order valence-corrected chi connectivity index (χ4v) is 6.21. The van der Waals surface area contributed by atoms with E-state index in [1.54, 1.807) is 29.2 Å². The molecule has 0 unspecified atom stereocenters. The van der Waals surface area contributed by atoms with Crippen LogP contribution in [0, 0.1) is 0 Å². The normalized spacial score (nSPS) is 17.4. The Morgan fingerprint density at radius 2 is 1.54 bits per heavy atom. The molecule has 0 amide bonds. The topological polar surface area (TPSA) is 130 Å². The number of Topliss-reactive ketones (excluding diaryl/α,β-unsaturated/α-hetero) is 2. The summed E-state index contributed by atoms with van der Waals surface area (Å²) in [5, 5.41) is 19.0. The maximum Gasteiger partial charge on any atom is 0.335 e. The van der Waals surface area contributed by atoms with E-state index in [2.05, 4.69) is 0 Å². The Morgan fingerprint density at radius 3 is 2.07 bits per heavy atom. The van der Waals surface area contributed by atoms with Crippen LogP contribution in [0.5, 0.6) is 11.5 Å². The number of carbonyl (C=O) groups is 4. The molecule has 0 saturated carbocycles. The van der Waals surface area contributed by atoms with Crippen LogP contribution in [0.3, 0.4) is 0 Å². The van der Waals surface area contributed by atoms with Crippen LogP contribution in [0.15, 0.2) is 58.9 Å². The van der Waals surface area contributed by atoms with E-state index in [1.807, 2.05) is 6.92 Å². The van der Waals surface area contributed by atoms with Gasteiger partial charge in [0.15, 0.2) is 23.1 Å². The van der Waals surface area contributed by atoms with Gasteiger partial charge in [-0.25, -0.2) is 4.79 Å². The van der Waals surface area contributed by atoms with E-state index in [0.717, 1.165) is 5.56 Å². The summed E-state index contributed by atoms with van der Waals surface area (Å²) in [5.41, 5.74) is 3.75. The molecule has 214 valence electrons. The van der Waals surface area contributed by atoms with Gasteiger partial charge >= 0.3 is 11.9 Å². The van der Waals surface area contributed by atoms with Gasteiger partial charge in [0.2, 0.25) is 0 Å². The number of carbonyl (C=O) groups excluding carboxylic acids is 2. The van der Waals surface area contributed by atoms with Crippen LogP contribution in [0.25, 0.3) is 0 Å². The standard InChI is InChI=1S/C31H30ClNO8/c1-2-40-25-14-19(13-20(32)30(25)41-16-17-9-11-18(12-10-17)31(38)39)27-28-21(5-3-7-23(28)34)33(15-26(36)37)22-6-4-8-24(35)29(22)27/h9-14,27H,2-8,15-16H2,1H3,(H,36,37)(H,38,39). The number of aromatic carboxylic acids is 1. The monoisotopic (exact) mass is 579 g/mol. The van der Waals surface area contributed by atoms with Gasteiger partial charge in [-0.15, -0.1) is 0 Å². The molecule has 1 aliphatic heterocycles. The predicted octanol–water partition coefficient (Wildman–Crippen LogP) is 5.51. The first-order valence-corrected chi connectivity index (χ1v) is 14.0. The van der Waals surface area contributed by atoms with Gasteiger partial charge in [-0.2, -0.15) is 0 Å². The number of hydrogen-bond acceptors (Lipinski definition) is 7. The summed E-state index contributed by atoms with van der Waals surface area (Å²) >= 11 is 6.77. The van der Waals surface area contributed by atoms with E-state index in [0.29, 0.717) is 79.0 Å². The number of rotatable bonds is 9. The molecule has 0 fully saturated rings. The Kier molecular flexibility index (Phi) is 8.17. The molecular weight excluding hydrogens is 550 g/mol. The van der Waals surface area contributed by atoms with E-state index in [1.165, 1.54) is 12.1 Å². The minimum absolute atomic E-state index is 0.101. The number of hydrogen-bond donors (Lipinski definition) is 2. The number of ketones is 2. The SMILES string of the molecule is CCOc1cc(C2C3=C(CCCC3=O)N(CC(=O)O)C3=C2C(=O)CCC3)cc(Cl)c1OCc1ccc(C(=O)O)cc1. The lowest BCUT2D eigenvalue weighted by Gasteiger charge is -2.43. The van der Waals surface area contributed by atoms with Crippen molar-refractivity contribution in [2.75, 3.05) is 13.2 Å². The number of halogens is 1. The number of carboxylic acid groups (broad SMARTS) is 2. The summed E-state index contributed by atoms with van der Waals surface area (Å²) < 4.78 is 11.9. The molecule has 41 heavy (non-hydrogen) atoms. The van der Waals surface area contributed by atoms with Crippen LogP contribution in [-0.2, 0) is 21.0 Å². The third-order valence-electron chi connectivity index (χ3n) is 7.63. The summed E-state index contributed by atoms with van der Waals surface area (Å²) in [6, 6.07) is 9.72. The molecule has 0 saturated heterocycles. The van der Waals surface area contributed by atoms with E-state index < -0.39 is 17.9 Å². The number of benzene rings is 2. The number of aliphatic carboxylic acids is 1. The minimum atomic E-state index is -1.03. The quantitative estimate of drug-likeness (QED) is 0.394. The molecule has 0 atom stereocenters. The average Bonchev–Trinajstić information content (AvgIpc) is 2.93. The Bertz CT molecular complexity index is 1450. The summed E-state index contributed by atoms with van der Waals surface area (Å²) in [5.74, 6) is -2.30. The lowest BCUT2D eigenvalue weighted by Crippen LogP contribution is -2.41. The van der Waals surface area contributed by atoms with Gasteiger partial charge < -0.3 is 24.6 Å². The van der Waals surface area contributed by atoms with Gasteiger partial charge in [0, 0.05) is 41.3 Å². The summed E-state index contributed by atoms with van der Waals surface area (Å²) in [7, 11) is 0. The molecular formula is C31H30ClNO8. The van der Waals surface area contributed by atoms with Gasteiger partial charge in [-0.1, -0.05) is 23.7 Å². The van der Waals surface area contributed by atoms with Crippen LogP contribution in [0.2, 0.25) is 5.02 Å². The molecule has 9 nitrogen and oxygen atoms in total. The molecule has 0 radical (unpaired) electrons. The molecule has 2 N–H and O–H groups in total. The van der Waals surface area contributed by atoms with Crippen molar-refractivity contribution >= 4 is 35.1 Å². The molecule has 2 aliphatic carbocycles. The zero-order valence-electron chi connectivity index (χ0n) is 22.6. The lowest BCUT2D eigenvalue weighted by molar-refractivity contribution is -0.138. The fourth-order valence-electron chi connectivity index (χ4n) is 5.93. The third-order valence-corrected chi connectivity index (χ3v) is 7.91. The van der Waals surface area contributed by atoms with Crippen molar-refractivity contribution in [1.29, 1.82) is 0 Å². The molecule has 2 aromatic carbocycles. The highest BCUT2D eigenvalue weighted by atomic mass is 35.5. The molecule has 0 spiro atoms. The van der Waals surface area contributed by atoms with Crippen molar-refractivity contribution < 1.29 is 38.9 Å². The lowest BCUT2D eigenvalue weighted by atomic mass is 9.71. The summed E-state index contributed by atoms with van der Waals surface area (Å²) in [6.07, 6.45) is 2.96. The zero-order chi connectivity index (χ0) is 29.3. The number of carboxylic acids is 2. The Hall–Kier alpha value is -4.11. The second-order valence-electron chi connectivity index (χ2n) is 10.2. The summed E-state index contributed by atoms with van der Waals surface area (Å²) in [4.78, 5) is 51.5. The first kappa shape index (κ1) is 28.4. The number of nitrogens with zero attached hydrogens (tertiary/aromatic N) is 1. The van der Waals surface area contributed by atoms with Gasteiger partial charge in [-0.3, -0.25) is 14.4 Å². The van der Waals surface area contributed by atoms with Crippen molar-refractivity contribution in [1.82, 2.24) is 4.90 Å². The van der Waals surface area contributed by atoms with Crippen LogP contribution in [-0.4, -0.2) is 51.8 Å². The minimum Gasteiger partial charge on any atom is -0.490 e. The van der Waals surface area contributed by atoms with Crippen molar-refractivity contribution in [3.05, 3.63) is 80.7 Å². The van der Waals surface area contributed by atoms with Crippen molar-refractivity contribution in [3.8, 4) is 11.5 Å².